The minimum Gasteiger partial charge on any atom is -0.507 e. The van der Waals surface area contributed by atoms with Crippen molar-refractivity contribution in [1.29, 1.82) is 0 Å². The van der Waals surface area contributed by atoms with Crippen LogP contribution in [0.2, 0.25) is 0 Å². The molecule has 0 radical (unpaired) electrons. The van der Waals surface area contributed by atoms with Gasteiger partial charge in [-0.25, -0.2) is 4.79 Å². The van der Waals surface area contributed by atoms with Crippen LogP contribution >= 0.6 is 11.3 Å². The minimum absolute atomic E-state index is 0.00228. The van der Waals surface area contributed by atoms with Gasteiger partial charge in [0.15, 0.2) is 0 Å². The van der Waals surface area contributed by atoms with E-state index in [0.717, 1.165) is 36.1 Å². The van der Waals surface area contributed by atoms with E-state index in [0.29, 0.717) is 16.2 Å². The molecule has 1 aliphatic carbocycles. The summed E-state index contributed by atoms with van der Waals surface area (Å²) in [6, 6.07) is 15.3. The molecule has 0 bridgehead atoms. The Bertz CT molecular complexity index is 1070. The third kappa shape index (κ3) is 4.76. The predicted octanol–water partition coefficient (Wildman–Crippen LogP) is 4.71. The van der Waals surface area contributed by atoms with Gasteiger partial charge in [-0.15, -0.1) is 11.3 Å². The van der Waals surface area contributed by atoms with Crippen molar-refractivity contribution in [3.8, 4) is 5.75 Å². The topological polar surface area (TPSA) is 90.9 Å². The molecule has 0 aliphatic heterocycles. The highest BCUT2D eigenvalue weighted by Crippen LogP contribution is 2.49. The molecule has 1 aliphatic rings. The lowest BCUT2D eigenvalue weighted by Gasteiger charge is -2.18. The van der Waals surface area contributed by atoms with E-state index in [-0.39, 0.29) is 30.1 Å². The maximum Gasteiger partial charge on any atom is 0.343 e. The Labute approximate surface area is 185 Å². The van der Waals surface area contributed by atoms with Gasteiger partial charge in [-0.1, -0.05) is 37.3 Å². The quantitative estimate of drug-likeness (QED) is 0.448. The highest BCUT2D eigenvalue weighted by molar-refractivity contribution is 7.12. The number of aliphatic hydroxyl groups is 2. The molecular weight excluding hydrogens is 412 g/mol. The van der Waals surface area contributed by atoms with Gasteiger partial charge in [0.05, 0.1) is 12.2 Å². The SMILES string of the molecule is CC[C@H](Cc1ccccc1)c1cc(O)c(C(c2ccc([C@@H](O)CO)s2)C2CC2)c(=O)o1. The maximum atomic E-state index is 13.1. The van der Waals surface area contributed by atoms with E-state index in [1.54, 1.807) is 12.1 Å². The first kappa shape index (κ1) is 21.8. The summed E-state index contributed by atoms with van der Waals surface area (Å²) >= 11 is 1.37. The molecule has 4 rings (SSSR count). The van der Waals surface area contributed by atoms with Gasteiger partial charge in [0, 0.05) is 27.7 Å². The summed E-state index contributed by atoms with van der Waals surface area (Å²) in [5.74, 6) is 0.498. The zero-order valence-electron chi connectivity index (χ0n) is 17.5. The normalized spacial score (nSPS) is 16.7. The van der Waals surface area contributed by atoms with Crippen molar-refractivity contribution < 1.29 is 19.7 Å². The van der Waals surface area contributed by atoms with Crippen molar-refractivity contribution in [2.75, 3.05) is 6.61 Å². The monoisotopic (exact) mass is 440 g/mol. The minimum atomic E-state index is -0.936. The summed E-state index contributed by atoms with van der Waals surface area (Å²) in [6.45, 7) is 1.70. The van der Waals surface area contributed by atoms with Crippen molar-refractivity contribution in [3.05, 3.63) is 85.6 Å². The van der Waals surface area contributed by atoms with E-state index in [1.807, 2.05) is 43.3 Å². The highest BCUT2D eigenvalue weighted by atomic mass is 32.1. The van der Waals surface area contributed by atoms with Gasteiger partial charge >= 0.3 is 5.63 Å². The fourth-order valence-corrected chi connectivity index (χ4v) is 5.38. The van der Waals surface area contributed by atoms with E-state index < -0.39 is 11.7 Å². The molecule has 0 amide bonds. The summed E-state index contributed by atoms with van der Waals surface area (Å²) in [5.41, 5.74) is 0.966. The Morgan fingerprint density at radius 2 is 1.84 bits per heavy atom. The molecule has 5 nitrogen and oxygen atoms in total. The summed E-state index contributed by atoms with van der Waals surface area (Å²) in [5, 5.41) is 30.1. The molecule has 3 N–H and O–H groups in total. The van der Waals surface area contributed by atoms with Crippen LogP contribution in [0.4, 0.5) is 0 Å². The zero-order valence-corrected chi connectivity index (χ0v) is 18.3. The fourth-order valence-electron chi connectivity index (χ4n) is 4.19. The van der Waals surface area contributed by atoms with Gasteiger partial charge in [-0.3, -0.25) is 0 Å². The second kappa shape index (κ2) is 9.39. The number of aliphatic hydroxyl groups excluding tert-OH is 2. The lowest BCUT2D eigenvalue weighted by molar-refractivity contribution is 0.0984. The molecule has 2 aromatic heterocycles. The van der Waals surface area contributed by atoms with Crippen LogP contribution in [0.5, 0.6) is 5.75 Å². The molecule has 0 saturated heterocycles. The van der Waals surface area contributed by atoms with E-state index >= 15 is 0 Å². The highest BCUT2D eigenvalue weighted by Gasteiger charge is 2.38. The summed E-state index contributed by atoms with van der Waals surface area (Å²) in [6.07, 6.45) is 2.54. The largest absolute Gasteiger partial charge is 0.507 e. The van der Waals surface area contributed by atoms with Crippen LogP contribution in [0.15, 0.2) is 57.7 Å². The first-order valence-electron chi connectivity index (χ1n) is 10.8. The number of rotatable bonds is 9. The lowest BCUT2D eigenvalue weighted by Crippen LogP contribution is -2.17. The molecule has 3 atom stereocenters. The molecular formula is C25H28O5S. The third-order valence-corrected chi connectivity index (χ3v) is 7.33. The van der Waals surface area contributed by atoms with Crippen molar-refractivity contribution in [3.63, 3.8) is 0 Å². The van der Waals surface area contributed by atoms with Gasteiger partial charge in [0.2, 0.25) is 0 Å². The second-order valence-electron chi connectivity index (χ2n) is 8.28. The van der Waals surface area contributed by atoms with Crippen LogP contribution in [-0.4, -0.2) is 21.9 Å². The molecule has 3 aromatic rings. The zero-order chi connectivity index (χ0) is 22.0. The van der Waals surface area contributed by atoms with Crippen LogP contribution in [0.3, 0.4) is 0 Å². The summed E-state index contributed by atoms with van der Waals surface area (Å²) < 4.78 is 5.77. The first-order valence-corrected chi connectivity index (χ1v) is 11.6. The van der Waals surface area contributed by atoms with Crippen LogP contribution in [0.1, 0.15) is 70.8 Å². The standard InChI is InChI=1S/C25H28O5S/c1-2-16(12-15-6-4-3-5-7-15)20-13-18(27)24(25(29)30-20)23(17-8-9-17)22-11-10-21(31-22)19(28)14-26/h3-7,10-11,13,16-17,19,23,26-28H,2,8-9,12,14H2,1H3/t16-,19+,23?/m1/s1. The van der Waals surface area contributed by atoms with Crippen LogP contribution < -0.4 is 5.63 Å². The third-order valence-electron chi connectivity index (χ3n) is 6.07. The van der Waals surface area contributed by atoms with Gasteiger partial charge < -0.3 is 19.7 Å². The average Bonchev–Trinajstić information content (AvgIpc) is 3.50. The number of hydrogen-bond acceptors (Lipinski definition) is 6. The van der Waals surface area contributed by atoms with Crippen LogP contribution in [0, 0.1) is 5.92 Å². The van der Waals surface area contributed by atoms with E-state index in [9.17, 15) is 20.1 Å². The second-order valence-corrected chi connectivity index (χ2v) is 9.43. The van der Waals surface area contributed by atoms with Crippen molar-refractivity contribution in [2.45, 2.75) is 50.5 Å². The van der Waals surface area contributed by atoms with Crippen LogP contribution in [0.25, 0.3) is 0 Å². The lowest BCUT2D eigenvalue weighted by atomic mass is 9.90. The summed E-state index contributed by atoms with van der Waals surface area (Å²) in [7, 11) is 0. The first-order chi connectivity index (χ1) is 15.0. The molecule has 31 heavy (non-hydrogen) atoms. The summed E-state index contributed by atoms with van der Waals surface area (Å²) in [4.78, 5) is 14.6. The Kier molecular flexibility index (Phi) is 6.60. The smallest absolute Gasteiger partial charge is 0.343 e. The number of hydrogen-bond donors (Lipinski definition) is 3. The van der Waals surface area contributed by atoms with Gasteiger partial charge in [0.25, 0.3) is 0 Å². The van der Waals surface area contributed by atoms with Gasteiger partial charge in [-0.2, -0.15) is 0 Å². The Hall–Kier alpha value is -2.41. The van der Waals surface area contributed by atoms with Gasteiger partial charge in [0.1, 0.15) is 17.6 Å². The number of thiophene rings is 1. The number of aromatic hydroxyl groups is 1. The van der Waals surface area contributed by atoms with E-state index in [1.165, 1.54) is 11.3 Å². The Morgan fingerprint density at radius 3 is 2.45 bits per heavy atom. The van der Waals surface area contributed by atoms with Gasteiger partial charge in [-0.05, 0) is 49.3 Å². The average molecular weight is 441 g/mol. The molecule has 1 saturated carbocycles. The number of benzene rings is 1. The predicted molar refractivity (Wildman–Crippen MR) is 121 cm³/mol. The van der Waals surface area contributed by atoms with E-state index in [2.05, 4.69) is 0 Å². The molecule has 1 aromatic carbocycles. The van der Waals surface area contributed by atoms with E-state index in [4.69, 9.17) is 4.42 Å². The Morgan fingerprint density at radius 1 is 1.13 bits per heavy atom. The molecule has 1 unspecified atom stereocenters. The van der Waals surface area contributed by atoms with Crippen LogP contribution in [-0.2, 0) is 6.42 Å². The molecule has 0 spiro atoms. The molecule has 1 fully saturated rings. The molecule has 6 heteroatoms. The molecule has 2 heterocycles. The molecule has 164 valence electrons. The van der Waals surface area contributed by atoms with Crippen molar-refractivity contribution >= 4 is 11.3 Å². The fraction of sp³-hybridized carbons (Fsp3) is 0.400. The Balaban J connectivity index is 1.67. The maximum absolute atomic E-state index is 13.1. The van der Waals surface area contributed by atoms with Crippen molar-refractivity contribution in [1.82, 2.24) is 0 Å². The van der Waals surface area contributed by atoms with Crippen molar-refractivity contribution in [2.24, 2.45) is 5.92 Å².